The van der Waals surface area contributed by atoms with E-state index in [0.29, 0.717) is 12.0 Å². The Balaban J connectivity index is 1.87. The molecule has 2 aliphatic heterocycles. The maximum absolute atomic E-state index is 13.8. The normalized spacial score (nSPS) is 22.7. The average Bonchev–Trinajstić information content (AvgIpc) is 2.76. The van der Waals surface area contributed by atoms with Crippen molar-refractivity contribution in [1.29, 1.82) is 0 Å². The van der Waals surface area contributed by atoms with E-state index in [4.69, 9.17) is 4.74 Å². The lowest BCUT2D eigenvalue weighted by Crippen LogP contribution is -2.21. The van der Waals surface area contributed by atoms with Crippen LogP contribution in [0.2, 0.25) is 0 Å². The summed E-state index contributed by atoms with van der Waals surface area (Å²) in [6.45, 7) is 2.07. The first-order valence-electron chi connectivity index (χ1n) is 8.22. The van der Waals surface area contributed by atoms with Gasteiger partial charge in [-0.2, -0.15) is 0 Å². The van der Waals surface area contributed by atoms with E-state index in [1.807, 2.05) is 6.07 Å². The number of nitrogens with one attached hydrogen (secondary N) is 2. The molecule has 2 aliphatic rings. The van der Waals surface area contributed by atoms with E-state index >= 15 is 0 Å². The molecule has 0 amide bonds. The monoisotopic (exact) mass is 312 g/mol. The lowest BCUT2D eigenvalue weighted by Gasteiger charge is -2.19. The number of fused-ring (bicyclic) bond motifs is 3. The molecule has 23 heavy (non-hydrogen) atoms. The molecule has 4 heteroatoms. The molecule has 2 heterocycles. The number of benzene rings is 2. The summed E-state index contributed by atoms with van der Waals surface area (Å²) in [6, 6.07) is 11.4. The molecule has 4 rings (SSSR count). The van der Waals surface area contributed by atoms with E-state index in [1.54, 1.807) is 19.2 Å². The largest absolute Gasteiger partial charge is 0.496 e. The van der Waals surface area contributed by atoms with Crippen LogP contribution in [0.25, 0.3) is 11.1 Å². The van der Waals surface area contributed by atoms with Crippen molar-refractivity contribution in [3.8, 4) is 16.9 Å². The van der Waals surface area contributed by atoms with Gasteiger partial charge in [0.05, 0.1) is 7.11 Å². The molecule has 0 bridgehead atoms. The molecule has 2 aromatic rings. The van der Waals surface area contributed by atoms with Crippen molar-refractivity contribution in [3.63, 3.8) is 0 Å². The SMILES string of the molecule is COc1ccc(F)cc1-c1cccc2c1C1CCNCCC1N2. The summed E-state index contributed by atoms with van der Waals surface area (Å²) < 4.78 is 19.3. The van der Waals surface area contributed by atoms with E-state index in [0.717, 1.165) is 42.8 Å². The number of methoxy groups -OCH3 is 1. The third-order valence-corrected chi connectivity index (χ3v) is 5.02. The molecule has 0 radical (unpaired) electrons. The van der Waals surface area contributed by atoms with Crippen molar-refractivity contribution < 1.29 is 9.13 Å². The lowest BCUT2D eigenvalue weighted by atomic mass is 9.85. The van der Waals surface area contributed by atoms with Crippen LogP contribution in [-0.2, 0) is 0 Å². The van der Waals surface area contributed by atoms with Crippen molar-refractivity contribution in [2.45, 2.75) is 24.8 Å². The quantitative estimate of drug-likeness (QED) is 0.886. The highest BCUT2D eigenvalue weighted by molar-refractivity contribution is 5.81. The van der Waals surface area contributed by atoms with Gasteiger partial charge in [0.25, 0.3) is 0 Å². The maximum Gasteiger partial charge on any atom is 0.126 e. The number of anilines is 1. The standard InChI is InChI=1S/C19H21FN2O/c1-23-18-6-5-12(20)11-15(18)13-3-2-4-17-19(13)14-7-9-21-10-8-16(14)22-17/h2-6,11,14,16,21-22H,7-10H2,1H3. The third kappa shape index (κ3) is 2.47. The van der Waals surface area contributed by atoms with Gasteiger partial charge in [-0.05, 0) is 61.3 Å². The topological polar surface area (TPSA) is 33.3 Å². The van der Waals surface area contributed by atoms with Gasteiger partial charge in [-0.3, -0.25) is 0 Å². The first-order valence-corrected chi connectivity index (χ1v) is 8.22. The molecule has 3 nitrogen and oxygen atoms in total. The summed E-state index contributed by atoms with van der Waals surface area (Å²) >= 11 is 0. The van der Waals surface area contributed by atoms with Gasteiger partial charge in [-0.15, -0.1) is 0 Å². The zero-order valence-electron chi connectivity index (χ0n) is 13.2. The zero-order valence-corrected chi connectivity index (χ0v) is 13.2. The van der Waals surface area contributed by atoms with E-state index in [1.165, 1.54) is 17.3 Å². The molecular weight excluding hydrogens is 291 g/mol. The Morgan fingerprint density at radius 3 is 2.83 bits per heavy atom. The van der Waals surface area contributed by atoms with Gasteiger partial charge in [0.1, 0.15) is 11.6 Å². The van der Waals surface area contributed by atoms with E-state index in [2.05, 4.69) is 22.8 Å². The number of halogens is 1. The van der Waals surface area contributed by atoms with Crippen molar-refractivity contribution in [2.75, 3.05) is 25.5 Å². The molecule has 0 spiro atoms. The molecule has 2 N–H and O–H groups in total. The van der Waals surface area contributed by atoms with Gasteiger partial charge in [0, 0.05) is 23.2 Å². The van der Waals surface area contributed by atoms with E-state index < -0.39 is 0 Å². The third-order valence-electron chi connectivity index (χ3n) is 5.02. The van der Waals surface area contributed by atoms with Gasteiger partial charge in [0.15, 0.2) is 0 Å². The minimum Gasteiger partial charge on any atom is -0.496 e. The second-order valence-corrected chi connectivity index (χ2v) is 6.30. The first-order chi connectivity index (χ1) is 11.3. The molecule has 1 fully saturated rings. The highest BCUT2D eigenvalue weighted by Crippen LogP contribution is 2.47. The van der Waals surface area contributed by atoms with Crippen LogP contribution in [0.1, 0.15) is 24.3 Å². The summed E-state index contributed by atoms with van der Waals surface area (Å²) in [5.74, 6) is 0.947. The fourth-order valence-electron chi connectivity index (χ4n) is 3.98. The Bertz CT molecular complexity index is 731. The molecule has 0 saturated carbocycles. The highest BCUT2D eigenvalue weighted by atomic mass is 19.1. The van der Waals surface area contributed by atoms with Crippen molar-refractivity contribution >= 4 is 5.69 Å². The van der Waals surface area contributed by atoms with Crippen molar-refractivity contribution in [1.82, 2.24) is 5.32 Å². The maximum atomic E-state index is 13.8. The molecular formula is C19H21FN2O. The Labute approximate surface area is 135 Å². The lowest BCUT2D eigenvalue weighted by molar-refractivity contribution is 0.415. The van der Waals surface area contributed by atoms with E-state index in [-0.39, 0.29) is 5.82 Å². The smallest absolute Gasteiger partial charge is 0.126 e. The summed E-state index contributed by atoms with van der Waals surface area (Å²) in [6.07, 6.45) is 2.21. The molecule has 2 aromatic carbocycles. The zero-order chi connectivity index (χ0) is 15.8. The van der Waals surface area contributed by atoms with Gasteiger partial charge in [-0.1, -0.05) is 12.1 Å². The van der Waals surface area contributed by atoms with Gasteiger partial charge < -0.3 is 15.4 Å². The van der Waals surface area contributed by atoms with Gasteiger partial charge in [0.2, 0.25) is 0 Å². The van der Waals surface area contributed by atoms with Gasteiger partial charge in [-0.25, -0.2) is 4.39 Å². The molecule has 0 aliphatic carbocycles. The Hall–Kier alpha value is -2.07. The van der Waals surface area contributed by atoms with Crippen LogP contribution >= 0.6 is 0 Å². The second-order valence-electron chi connectivity index (χ2n) is 6.30. The Kier molecular flexibility index (Phi) is 3.69. The van der Waals surface area contributed by atoms with Crippen LogP contribution in [0.3, 0.4) is 0 Å². The number of hydrogen-bond donors (Lipinski definition) is 2. The minimum absolute atomic E-state index is 0.233. The highest BCUT2D eigenvalue weighted by Gasteiger charge is 2.35. The van der Waals surface area contributed by atoms with E-state index in [9.17, 15) is 4.39 Å². The predicted molar refractivity (Wildman–Crippen MR) is 90.6 cm³/mol. The van der Waals surface area contributed by atoms with Crippen LogP contribution < -0.4 is 15.4 Å². The van der Waals surface area contributed by atoms with Crippen molar-refractivity contribution in [2.24, 2.45) is 0 Å². The van der Waals surface area contributed by atoms with Crippen molar-refractivity contribution in [3.05, 3.63) is 47.8 Å². The summed E-state index contributed by atoms with van der Waals surface area (Å²) in [5.41, 5.74) is 4.42. The summed E-state index contributed by atoms with van der Waals surface area (Å²) in [4.78, 5) is 0. The summed E-state index contributed by atoms with van der Waals surface area (Å²) in [7, 11) is 1.64. The number of rotatable bonds is 2. The van der Waals surface area contributed by atoms with Crippen LogP contribution in [0.15, 0.2) is 36.4 Å². The minimum atomic E-state index is -0.233. The predicted octanol–water partition coefficient (Wildman–Crippen LogP) is 3.76. The second kappa shape index (κ2) is 5.85. The molecule has 0 aromatic heterocycles. The number of hydrogen-bond acceptors (Lipinski definition) is 3. The Morgan fingerprint density at radius 1 is 1.09 bits per heavy atom. The molecule has 2 unspecified atom stereocenters. The average molecular weight is 312 g/mol. The van der Waals surface area contributed by atoms with Crippen LogP contribution in [0.5, 0.6) is 5.75 Å². The summed E-state index contributed by atoms with van der Waals surface area (Å²) in [5, 5.41) is 7.14. The fraction of sp³-hybridized carbons (Fsp3) is 0.368. The first kappa shape index (κ1) is 14.5. The molecule has 1 saturated heterocycles. The van der Waals surface area contributed by atoms with Crippen LogP contribution in [0.4, 0.5) is 10.1 Å². The van der Waals surface area contributed by atoms with Gasteiger partial charge >= 0.3 is 0 Å². The molecule has 2 atom stereocenters. The fourth-order valence-corrected chi connectivity index (χ4v) is 3.98. The number of ether oxygens (including phenoxy) is 1. The van der Waals surface area contributed by atoms with Crippen LogP contribution in [0, 0.1) is 5.82 Å². The Morgan fingerprint density at radius 2 is 1.96 bits per heavy atom. The molecule has 120 valence electrons. The van der Waals surface area contributed by atoms with Crippen LogP contribution in [-0.4, -0.2) is 26.2 Å².